The van der Waals surface area contributed by atoms with Gasteiger partial charge in [-0.05, 0) is 67.0 Å². The van der Waals surface area contributed by atoms with Gasteiger partial charge in [-0.15, -0.1) is 0 Å². The maximum Gasteiger partial charge on any atom is 0.412 e. The molecule has 204 valence electrons. The number of benzene rings is 3. The van der Waals surface area contributed by atoms with E-state index < -0.39 is 23.6 Å². The molecule has 0 bridgehead atoms. The molecule has 9 heteroatoms. The van der Waals surface area contributed by atoms with E-state index in [9.17, 15) is 14.7 Å². The van der Waals surface area contributed by atoms with E-state index in [1.165, 1.54) is 6.20 Å². The average molecular weight is 558 g/mol. The minimum atomic E-state index is -0.759. The topological polar surface area (TPSA) is 114 Å². The summed E-state index contributed by atoms with van der Waals surface area (Å²) in [5.41, 5.74) is 6.15. The van der Waals surface area contributed by atoms with Crippen LogP contribution in [-0.4, -0.2) is 28.9 Å². The Bertz CT molecular complexity index is 1590. The number of ether oxygens (including phenoxy) is 1. The molecule has 6 rings (SSSR count). The lowest BCUT2D eigenvalue weighted by Crippen LogP contribution is -2.19. The second kappa shape index (κ2) is 10.4. The zero-order chi connectivity index (χ0) is 27.9. The largest absolute Gasteiger partial charge is 0.481 e. The standard InChI is InChI=1S/C31H28ClN3O5/c1-18(21-5-2-3-7-25(21)32)39-30(38)35-26-17-34-40-28(26)24-13-12-22(23-6-4-16-33-27(23)24)19-8-10-20(11-9-19)31(14-15-31)29(36)37/h2-3,5,7-13,17-18,33H,4,6,14-16H2,1H3,(H,35,38)(H,36,37). The number of nitrogens with one attached hydrogen (secondary N) is 2. The predicted octanol–water partition coefficient (Wildman–Crippen LogP) is 7.45. The van der Waals surface area contributed by atoms with E-state index in [0.29, 0.717) is 34.9 Å². The van der Waals surface area contributed by atoms with Crippen LogP contribution in [0.3, 0.4) is 0 Å². The Morgan fingerprint density at radius 2 is 1.85 bits per heavy atom. The van der Waals surface area contributed by atoms with Gasteiger partial charge in [0.05, 0.1) is 11.6 Å². The summed E-state index contributed by atoms with van der Waals surface area (Å²) < 4.78 is 11.2. The van der Waals surface area contributed by atoms with Gasteiger partial charge in [-0.2, -0.15) is 0 Å². The Hall–Kier alpha value is -4.30. The first-order valence-corrected chi connectivity index (χ1v) is 13.7. The van der Waals surface area contributed by atoms with Gasteiger partial charge in [-0.25, -0.2) is 4.79 Å². The molecule has 1 fully saturated rings. The normalized spacial score (nSPS) is 15.8. The molecule has 3 aromatic carbocycles. The molecular formula is C31H28ClN3O5. The van der Waals surface area contributed by atoms with Crippen LogP contribution in [0.4, 0.5) is 16.2 Å². The molecule has 40 heavy (non-hydrogen) atoms. The van der Waals surface area contributed by atoms with Crippen molar-refractivity contribution in [1.82, 2.24) is 5.16 Å². The molecule has 1 aliphatic heterocycles. The quantitative estimate of drug-likeness (QED) is 0.216. The Morgan fingerprint density at radius 3 is 2.58 bits per heavy atom. The Labute approximate surface area is 236 Å². The van der Waals surface area contributed by atoms with Crippen molar-refractivity contribution in [2.45, 2.75) is 44.1 Å². The zero-order valence-electron chi connectivity index (χ0n) is 21.9. The number of amides is 1. The van der Waals surface area contributed by atoms with Crippen LogP contribution in [0.25, 0.3) is 22.5 Å². The van der Waals surface area contributed by atoms with Crippen LogP contribution in [0.15, 0.2) is 71.4 Å². The summed E-state index contributed by atoms with van der Waals surface area (Å²) in [5.74, 6) is -0.336. The van der Waals surface area contributed by atoms with Gasteiger partial charge >= 0.3 is 12.1 Å². The van der Waals surface area contributed by atoms with E-state index in [1.54, 1.807) is 13.0 Å². The van der Waals surface area contributed by atoms with Crippen molar-refractivity contribution >= 4 is 35.0 Å². The lowest BCUT2D eigenvalue weighted by atomic mass is 9.88. The Kier molecular flexibility index (Phi) is 6.72. The highest BCUT2D eigenvalue weighted by atomic mass is 35.5. The molecule has 0 saturated heterocycles. The van der Waals surface area contributed by atoms with Gasteiger partial charge in [0.25, 0.3) is 0 Å². The summed E-state index contributed by atoms with van der Waals surface area (Å²) in [7, 11) is 0. The maximum atomic E-state index is 12.8. The molecule has 8 nitrogen and oxygen atoms in total. The van der Waals surface area contributed by atoms with Crippen LogP contribution >= 0.6 is 11.6 Å². The number of fused-ring (bicyclic) bond motifs is 1. The number of nitrogens with zero attached hydrogens (tertiary/aromatic N) is 1. The SMILES string of the molecule is CC(OC(=O)Nc1cnoc1-c1ccc(-c2ccc(C3(C(=O)O)CC3)cc2)c2c1NCCC2)c1ccccc1Cl. The fraction of sp³-hybridized carbons (Fsp3) is 0.258. The van der Waals surface area contributed by atoms with Crippen LogP contribution in [0.5, 0.6) is 0 Å². The van der Waals surface area contributed by atoms with E-state index in [0.717, 1.165) is 52.9 Å². The number of halogens is 1. The van der Waals surface area contributed by atoms with E-state index >= 15 is 0 Å². The highest BCUT2D eigenvalue weighted by Crippen LogP contribution is 2.49. The molecule has 2 heterocycles. The molecule has 0 radical (unpaired) electrons. The highest BCUT2D eigenvalue weighted by molar-refractivity contribution is 6.31. The minimum absolute atomic E-state index is 0.395. The van der Waals surface area contributed by atoms with Gasteiger partial charge in [0.2, 0.25) is 0 Å². The smallest absolute Gasteiger partial charge is 0.412 e. The van der Waals surface area contributed by atoms with E-state index in [1.807, 2.05) is 54.6 Å². The summed E-state index contributed by atoms with van der Waals surface area (Å²) in [6.07, 6.45) is 3.44. The second-order valence-corrected chi connectivity index (χ2v) is 10.7. The lowest BCUT2D eigenvalue weighted by Gasteiger charge is -2.24. The van der Waals surface area contributed by atoms with Crippen molar-refractivity contribution in [3.8, 4) is 22.5 Å². The third-order valence-electron chi connectivity index (χ3n) is 7.80. The van der Waals surface area contributed by atoms with Crippen LogP contribution in [0.1, 0.15) is 49.0 Å². The number of anilines is 2. The van der Waals surface area contributed by atoms with Crippen LogP contribution in [0, 0.1) is 0 Å². The number of hydrogen-bond donors (Lipinski definition) is 3. The van der Waals surface area contributed by atoms with Crippen molar-refractivity contribution in [3.05, 3.63) is 88.6 Å². The lowest BCUT2D eigenvalue weighted by molar-refractivity contribution is -0.140. The molecule has 4 aromatic rings. The Balaban J connectivity index is 1.26. The summed E-state index contributed by atoms with van der Waals surface area (Å²) in [6.45, 7) is 2.56. The second-order valence-electron chi connectivity index (χ2n) is 10.3. The zero-order valence-corrected chi connectivity index (χ0v) is 22.6. The summed E-state index contributed by atoms with van der Waals surface area (Å²) in [4.78, 5) is 24.5. The number of aliphatic carboxylic acids is 1. The molecular weight excluding hydrogens is 530 g/mol. The number of aromatic nitrogens is 1. The van der Waals surface area contributed by atoms with Gasteiger partial charge < -0.3 is 19.7 Å². The predicted molar refractivity (Wildman–Crippen MR) is 153 cm³/mol. The van der Waals surface area contributed by atoms with Crippen LogP contribution in [0.2, 0.25) is 5.02 Å². The van der Waals surface area contributed by atoms with Crippen molar-refractivity contribution in [3.63, 3.8) is 0 Å². The number of hydrogen-bond acceptors (Lipinski definition) is 6. The van der Waals surface area contributed by atoms with Crippen LogP contribution in [-0.2, 0) is 21.4 Å². The number of carbonyl (C=O) groups excluding carboxylic acids is 1. The first-order valence-electron chi connectivity index (χ1n) is 13.3. The van der Waals surface area contributed by atoms with Crippen molar-refractivity contribution in [1.29, 1.82) is 0 Å². The summed E-state index contributed by atoms with van der Waals surface area (Å²) >= 11 is 6.25. The van der Waals surface area contributed by atoms with E-state index in [4.69, 9.17) is 20.9 Å². The van der Waals surface area contributed by atoms with Gasteiger partial charge in [0, 0.05) is 28.4 Å². The third kappa shape index (κ3) is 4.69. The number of carbonyl (C=O) groups is 2. The van der Waals surface area contributed by atoms with E-state index in [-0.39, 0.29) is 0 Å². The van der Waals surface area contributed by atoms with Crippen LogP contribution < -0.4 is 10.6 Å². The minimum Gasteiger partial charge on any atom is -0.481 e. The number of carboxylic acid groups (broad SMARTS) is 1. The molecule has 0 spiro atoms. The Morgan fingerprint density at radius 1 is 1.10 bits per heavy atom. The average Bonchev–Trinajstić information content (AvgIpc) is 3.66. The molecule has 2 aliphatic rings. The first-order chi connectivity index (χ1) is 19.4. The molecule has 3 N–H and O–H groups in total. The monoisotopic (exact) mass is 557 g/mol. The van der Waals surface area contributed by atoms with E-state index in [2.05, 4.69) is 15.8 Å². The maximum absolute atomic E-state index is 12.8. The van der Waals surface area contributed by atoms with Crippen molar-refractivity contribution < 1.29 is 24.0 Å². The molecule has 1 atom stereocenters. The van der Waals surface area contributed by atoms with Crippen molar-refractivity contribution in [2.24, 2.45) is 0 Å². The fourth-order valence-electron chi connectivity index (χ4n) is 5.46. The number of carboxylic acids is 1. The summed E-state index contributed by atoms with van der Waals surface area (Å²) in [5, 5.41) is 20.4. The van der Waals surface area contributed by atoms with Gasteiger partial charge in [0.15, 0.2) is 5.76 Å². The molecule has 1 saturated carbocycles. The molecule has 1 aliphatic carbocycles. The number of rotatable bonds is 7. The molecule has 1 unspecified atom stereocenters. The van der Waals surface area contributed by atoms with Gasteiger partial charge in [-0.3, -0.25) is 10.1 Å². The van der Waals surface area contributed by atoms with Gasteiger partial charge in [0.1, 0.15) is 11.8 Å². The summed E-state index contributed by atoms with van der Waals surface area (Å²) in [6, 6.07) is 19.1. The molecule has 1 aromatic heterocycles. The first kappa shape index (κ1) is 26.0. The third-order valence-corrected chi connectivity index (χ3v) is 8.15. The fourth-order valence-corrected chi connectivity index (χ4v) is 5.75. The highest BCUT2D eigenvalue weighted by Gasteiger charge is 2.51. The molecule has 1 amide bonds. The van der Waals surface area contributed by atoms with Crippen molar-refractivity contribution in [2.75, 3.05) is 17.2 Å². The van der Waals surface area contributed by atoms with Gasteiger partial charge in [-0.1, -0.05) is 65.3 Å².